The molecule has 3 rings (SSSR count). The first-order valence-corrected chi connectivity index (χ1v) is 10.5. The van der Waals surface area contributed by atoms with Crippen LogP contribution in [0.2, 0.25) is 0 Å². The third-order valence-corrected chi connectivity index (χ3v) is 5.90. The summed E-state index contributed by atoms with van der Waals surface area (Å²) in [6.45, 7) is 4.64. The van der Waals surface area contributed by atoms with Gasteiger partial charge in [-0.3, -0.25) is 9.59 Å². The first-order chi connectivity index (χ1) is 14.3. The number of amides is 2. The number of aromatic nitrogens is 2. The van der Waals surface area contributed by atoms with Gasteiger partial charge in [-0.25, -0.2) is 9.78 Å². The molecule has 0 aliphatic heterocycles. The van der Waals surface area contributed by atoms with Crippen LogP contribution >= 0.6 is 11.3 Å². The number of thiazole rings is 1. The Balaban J connectivity index is 1.68. The maximum absolute atomic E-state index is 12.5. The first kappa shape index (κ1) is 21.5. The zero-order valence-corrected chi connectivity index (χ0v) is 17.9. The summed E-state index contributed by atoms with van der Waals surface area (Å²) < 4.78 is 7.07. The van der Waals surface area contributed by atoms with Crippen molar-refractivity contribution in [1.29, 1.82) is 5.26 Å². The van der Waals surface area contributed by atoms with Crippen LogP contribution in [0, 0.1) is 25.2 Å². The van der Waals surface area contributed by atoms with Crippen LogP contribution in [0.4, 0.5) is 10.9 Å². The third kappa shape index (κ3) is 4.52. The molecule has 30 heavy (non-hydrogen) atoms. The fourth-order valence-corrected chi connectivity index (χ4v) is 4.38. The maximum atomic E-state index is 12.5. The lowest BCUT2D eigenvalue weighted by Gasteiger charge is -2.19. The topological polar surface area (TPSA) is 126 Å². The molecule has 1 aliphatic carbocycles. The number of carbonyl (C=O) groups is 3. The Labute approximate surface area is 178 Å². The van der Waals surface area contributed by atoms with E-state index in [4.69, 9.17) is 4.74 Å². The zero-order chi connectivity index (χ0) is 21.8. The summed E-state index contributed by atoms with van der Waals surface area (Å²) in [6.07, 6.45) is 4.22. The van der Waals surface area contributed by atoms with Gasteiger partial charge in [-0.2, -0.15) is 5.26 Å². The van der Waals surface area contributed by atoms with Gasteiger partial charge in [0.25, 0.3) is 5.91 Å². The molecule has 0 bridgehead atoms. The van der Waals surface area contributed by atoms with E-state index in [0.717, 1.165) is 48.3 Å². The molecule has 2 heterocycles. The molecule has 2 aromatic heterocycles. The molecule has 0 spiro atoms. The van der Waals surface area contributed by atoms with Crippen molar-refractivity contribution in [2.45, 2.75) is 52.5 Å². The van der Waals surface area contributed by atoms with Gasteiger partial charge in [0.2, 0.25) is 5.91 Å². The van der Waals surface area contributed by atoms with Gasteiger partial charge < -0.3 is 19.9 Å². The SMILES string of the molecule is CC(=O)Nc1nc(C(=O)OCC(=O)Nc2c(C#N)c(C)c(C)n2C2CCCC2)cs1. The minimum Gasteiger partial charge on any atom is -0.451 e. The fourth-order valence-electron chi connectivity index (χ4n) is 3.65. The van der Waals surface area contributed by atoms with Gasteiger partial charge >= 0.3 is 5.97 Å². The number of hydrogen-bond acceptors (Lipinski definition) is 7. The number of rotatable bonds is 6. The van der Waals surface area contributed by atoms with E-state index in [-0.39, 0.29) is 22.8 Å². The molecule has 10 heteroatoms. The third-order valence-electron chi connectivity index (χ3n) is 5.15. The van der Waals surface area contributed by atoms with Gasteiger partial charge in [0.1, 0.15) is 11.9 Å². The Kier molecular flexibility index (Phi) is 6.52. The van der Waals surface area contributed by atoms with Gasteiger partial charge in [0.05, 0.1) is 5.56 Å². The normalized spacial score (nSPS) is 13.7. The molecule has 1 fully saturated rings. The van der Waals surface area contributed by atoms with Crippen LogP contribution in [0.25, 0.3) is 0 Å². The number of nitriles is 1. The van der Waals surface area contributed by atoms with Crippen molar-refractivity contribution in [3.63, 3.8) is 0 Å². The largest absolute Gasteiger partial charge is 0.451 e. The van der Waals surface area contributed by atoms with Crippen LogP contribution in [-0.4, -0.2) is 33.9 Å². The quantitative estimate of drug-likeness (QED) is 0.679. The number of esters is 1. The molecule has 9 nitrogen and oxygen atoms in total. The standard InChI is InChI=1S/C20H23N5O4S/c1-11-12(2)25(14-6-4-5-7-14)18(15(11)8-21)24-17(27)9-29-19(28)16-10-30-20(23-16)22-13(3)26/h10,14H,4-7,9H2,1-3H3,(H,24,27)(H,22,23,26). The summed E-state index contributed by atoms with van der Waals surface area (Å²) in [4.78, 5) is 39.6. The number of hydrogen-bond donors (Lipinski definition) is 2. The van der Waals surface area contributed by atoms with Crippen molar-refractivity contribution >= 4 is 40.1 Å². The van der Waals surface area contributed by atoms with Crippen LogP contribution in [-0.2, 0) is 14.3 Å². The van der Waals surface area contributed by atoms with Crippen LogP contribution < -0.4 is 10.6 Å². The van der Waals surface area contributed by atoms with E-state index >= 15 is 0 Å². The van der Waals surface area contributed by atoms with Gasteiger partial charge in [0.15, 0.2) is 17.4 Å². The summed E-state index contributed by atoms with van der Waals surface area (Å²) in [5.74, 6) is -1.14. The van der Waals surface area contributed by atoms with Gasteiger partial charge in [-0.1, -0.05) is 12.8 Å². The van der Waals surface area contributed by atoms with Crippen LogP contribution in [0.5, 0.6) is 0 Å². The molecule has 2 amide bonds. The molecule has 0 unspecified atom stereocenters. The summed E-state index contributed by atoms with van der Waals surface area (Å²) in [7, 11) is 0. The summed E-state index contributed by atoms with van der Waals surface area (Å²) in [6, 6.07) is 2.42. The molecule has 0 radical (unpaired) electrons. The van der Waals surface area contributed by atoms with Crippen molar-refractivity contribution in [2.75, 3.05) is 17.2 Å². The van der Waals surface area contributed by atoms with Crippen molar-refractivity contribution in [3.05, 3.63) is 27.9 Å². The Morgan fingerprint density at radius 3 is 2.63 bits per heavy atom. The van der Waals surface area contributed by atoms with Crippen LogP contribution in [0.15, 0.2) is 5.38 Å². The summed E-state index contributed by atoms with van der Waals surface area (Å²) in [5, 5.41) is 16.5. The van der Waals surface area contributed by atoms with Crippen molar-refractivity contribution < 1.29 is 19.1 Å². The van der Waals surface area contributed by atoms with E-state index < -0.39 is 18.5 Å². The molecule has 0 aromatic carbocycles. The smallest absolute Gasteiger partial charge is 0.358 e. The van der Waals surface area contributed by atoms with E-state index in [2.05, 4.69) is 21.7 Å². The Morgan fingerprint density at radius 1 is 1.30 bits per heavy atom. The lowest BCUT2D eigenvalue weighted by Crippen LogP contribution is -2.24. The number of carbonyl (C=O) groups excluding carboxylic acids is 3. The van der Waals surface area contributed by atoms with Gasteiger partial charge in [-0.05, 0) is 32.3 Å². The fraction of sp³-hybridized carbons (Fsp3) is 0.450. The number of ether oxygens (including phenoxy) is 1. The van der Waals surface area contributed by atoms with Crippen LogP contribution in [0.1, 0.15) is 66.0 Å². The number of nitrogens with one attached hydrogen (secondary N) is 2. The van der Waals surface area contributed by atoms with Crippen molar-refractivity contribution in [2.24, 2.45) is 0 Å². The highest BCUT2D eigenvalue weighted by atomic mass is 32.1. The Morgan fingerprint density at radius 2 is 2.00 bits per heavy atom. The minimum atomic E-state index is -0.767. The zero-order valence-electron chi connectivity index (χ0n) is 17.1. The predicted octanol–water partition coefficient (Wildman–Crippen LogP) is 3.30. The highest BCUT2D eigenvalue weighted by molar-refractivity contribution is 7.14. The molecule has 1 saturated carbocycles. The lowest BCUT2D eigenvalue weighted by molar-refractivity contribution is -0.119. The minimum absolute atomic E-state index is 0.00952. The maximum Gasteiger partial charge on any atom is 0.358 e. The van der Waals surface area contributed by atoms with Gasteiger partial charge in [-0.15, -0.1) is 11.3 Å². The van der Waals surface area contributed by atoms with Crippen LogP contribution in [0.3, 0.4) is 0 Å². The van der Waals surface area contributed by atoms with Crippen molar-refractivity contribution in [1.82, 2.24) is 9.55 Å². The van der Waals surface area contributed by atoms with E-state index in [0.29, 0.717) is 11.4 Å². The highest BCUT2D eigenvalue weighted by Crippen LogP contribution is 2.37. The summed E-state index contributed by atoms with van der Waals surface area (Å²) >= 11 is 1.08. The molecule has 0 saturated heterocycles. The molecule has 1 aliphatic rings. The Hall–Kier alpha value is -3.19. The molecule has 2 N–H and O–H groups in total. The second-order valence-corrected chi connectivity index (χ2v) is 8.06. The molecular weight excluding hydrogens is 406 g/mol. The highest BCUT2D eigenvalue weighted by Gasteiger charge is 2.27. The van der Waals surface area contributed by atoms with E-state index in [1.807, 2.05) is 18.4 Å². The number of anilines is 2. The lowest BCUT2D eigenvalue weighted by atomic mass is 10.2. The molecule has 158 valence electrons. The Bertz CT molecular complexity index is 1030. The predicted molar refractivity (Wildman–Crippen MR) is 111 cm³/mol. The monoisotopic (exact) mass is 429 g/mol. The van der Waals surface area contributed by atoms with Gasteiger partial charge in [0, 0.05) is 24.0 Å². The summed E-state index contributed by atoms with van der Waals surface area (Å²) in [5.41, 5.74) is 2.23. The van der Waals surface area contributed by atoms with E-state index in [1.54, 1.807) is 0 Å². The second kappa shape index (κ2) is 9.09. The molecule has 0 atom stereocenters. The van der Waals surface area contributed by atoms with E-state index in [9.17, 15) is 19.6 Å². The second-order valence-electron chi connectivity index (χ2n) is 7.20. The molecule has 2 aromatic rings. The van der Waals surface area contributed by atoms with E-state index in [1.165, 1.54) is 12.3 Å². The number of nitrogens with zero attached hydrogens (tertiary/aromatic N) is 3. The average Bonchev–Trinajstić information content (AvgIpc) is 3.42. The van der Waals surface area contributed by atoms with Crippen molar-refractivity contribution in [3.8, 4) is 6.07 Å². The average molecular weight is 430 g/mol. The first-order valence-electron chi connectivity index (χ1n) is 9.63. The molecular formula is C20H23N5O4S.